The largest absolute Gasteiger partial charge is 0.493 e. The van der Waals surface area contributed by atoms with Crippen molar-refractivity contribution in [2.24, 2.45) is 0 Å². The molecule has 0 radical (unpaired) electrons. The molecular formula is C18H13Cl2NO4S. The molecule has 1 aliphatic heterocycles. The van der Waals surface area contributed by atoms with E-state index in [9.17, 15) is 9.59 Å². The van der Waals surface area contributed by atoms with E-state index in [-0.39, 0.29) is 11.5 Å². The lowest BCUT2D eigenvalue weighted by Gasteiger charge is -2.14. The summed E-state index contributed by atoms with van der Waals surface area (Å²) in [7, 11) is 1.52. The first-order valence-corrected chi connectivity index (χ1v) is 9.04. The number of rotatable bonds is 5. The first kappa shape index (κ1) is 18.6. The molecule has 5 nitrogen and oxygen atoms in total. The van der Waals surface area contributed by atoms with E-state index in [0.29, 0.717) is 27.1 Å². The molecule has 0 aromatic heterocycles. The number of para-hydroxylation sites is 1. The summed E-state index contributed by atoms with van der Waals surface area (Å²) in [4.78, 5) is 23.4. The van der Waals surface area contributed by atoms with Crippen molar-refractivity contribution in [3.8, 4) is 11.5 Å². The monoisotopic (exact) mass is 409 g/mol. The number of nitrogens with one attached hydrogen (secondary N) is 1. The van der Waals surface area contributed by atoms with E-state index in [0.717, 1.165) is 17.3 Å². The highest BCUT2D eigenvalue weighted by molar-refractivity contribution is 8.18. The molecule has 2 aromatic carbocycles. The first-order valence-electron chi connectivity index (χ1n) is 7.46. The Kier molecular flexibility index (Phi) is 5.76. The fourth-order valence-electron chi connectivity index (χ4n) is 2.31. The van der Waals surface area contributed by atoms with Crippen molar-refractivity contribution >= 4 is 52.2 Å². The van der Waals surface area contributed by atoms with Gasteiger partial charge in [-0.05, 0) is 36.0 Å². The van der Waals surface area contributed by atoms with Gasteiger partial charge in [-0.2, -0.15) is 0 Å². The number of amides is 2. The molecule has 8 heteroatoms. The summed E-state index contributed by atoms with van der Waals surface area (Å²) in [6.07, 6.45) is 1.59. The van der Waals surface area contributed by atoms with Crippen LogP contribution in [0.1, 0.15) is 11.1 Å². The summed E-state index contributed by atoms with van der Waals surface area (Å²) < 4.78 is 11.3. The number of hydrogen-bond acceptors (Lipinski definition) is 5. The molecular weight excluding hydrogens is 397 g/mol. The summed E-state index contributed by atoms with van der Waals surface area (Å²) in [6.45, 7) is 0.185. The Hall–Kier alpha value is -2.15. The average molecular weight is 410 g/mol. The van der Waals surface area contributed by atoms with Crippen LogP contribution in [-0.4, -0.2) is 18.3 Å². The van der Waals surface area contributed by atoms with Crippen LogP contribution in [0.5, 0.6) is 11.5 Å². The molecule has 1 heterocycles. The van der Waals surface area contributed by atoms with Crippen LogP contribution in [0, 0.1) is 0 Å². The number of carbonyl (C=O) groups is 2. The van der Waals surface area contributed by atoms with Gasteiger partial charge in [0.15, 0.2) is 11.5 Å². The second-order valence-electron chi connectivity index (χ2n) is 5.26. The Labute approximate surface area is 164 Å². The van der Waals surface area contributed by atoms with E-state index in [4.69, 9.17) is 32.7 Å². The van der Waals surface area contributed by atoms with Crippen LogP contribution < -0.4 is 14.8 Å². The van der Waals surface area contributed by atoms with Crippen molar-refractivity contribution in [2.75, 3.05) is 7.11 Å². The Morgan fingerprint density at radius 1 is 1.19 bits per heavy atom. The Bertz CT molecular complexity index is 914. The Morgan fingerprint density at radius 2 is 2.00 bits per heavy atom. The number of benzene rings is 2. The third kappa shape index (κ3) is 4.15. The number of imide groups is 1. The quantitative estimate of drug-likeness (QED) is 0.710. The third-order valence-electron chi connectivity index (χ3n) is 3.55. The van der Waals surface area contributed by atoms with E-state index in [1.165, 1.54) is 7.11 Å². The van der Waals surface area contributed by atoms with Crippen molar-refractivity contribution < 1.29 is 19.1 Å². The Morgan fingerprint density at radius 3 is 2.65 bits per heavy atom. The molecule has 0 atom stereocenters. The van der Waals surface area contributed by atoms with Gasteiger partial charge in [0.2, 0.25) is 0 Å². The van der Waals surface area contributed by atoms with E-state index >= 15 is 0 Å². The van der Waals surface area contributed by atoms with E-state index in [1.807, 2.05) is 0 Å². The summed E-state index contributed by atoms with van der Waals surface area (Å²) in [5.74, 6) is 0.509. The van der Waals surface area contributed by atoms with Gasteiger partial charge in [0.05, 0.1) is 12.0 Å². The molecule has 134 valence electrons. The maximum atomic E-state index is 11.8. The van der Waals surface area contributed by atoms with E-state index in [2.05, 4.69) is 5.32 Å². The number of thioether (sulfide) groups is 1. The predicted molar refractivity (Wildman–Crippen MR) is 103 cm³/mol. The van der Waals surface area contributed by atoms with E-state index in [1.54, 1.807) is 42.5 Å². The summed E-state index contributed by atoms with van der Waals surface area (Å²) in [5.41, 5.74) is 1.37. The van der Waals surface area contributed by atoms with Gasteiger partial charge in [0, 0.05) is 21.2 Å². The maximum Gasteiger partial charge on any atom is 0.290 e. The fourth-order valence-corrected chi connectivity index (χ4v) is 3.45. The van der Waals surface area contributed by atoms with Crippen LogP contribution in [0.4, 0.5) is 4.79 Å². The standard InChI is InChI=1S/C18H13Cl2NO4S/c1-24-14-4-2-3-10(7-15-17(22)21-18(23)26-15)16(14)25-9-11-5-6-12(19)8-13(11)20/h2-8H,9H2,1H3,(H,21,22,23)/b15-7-. The smallest absolute Gasteiger partial charge is 0.290 e. The van der Waals surface area contributed by atoms with Gasteiger partial charge in [0.25, 0.3) is 11.1 Å². The number of halogens is 2. The van der Waals surface area contributed by atoms with Crippen LogP contribution in [-0.2, 0) is 11.4 Å². The molecule has 0 spiro atoms. The minimum absolute atomic E-state index is 0.185. The molecule has 0 unspecified atom stereocenters. The highest BCUT2D eigenvalue weighted by Crippen LogP contribution is 2.36. The lowest BCUT2D eigenvalue weighted by Crippen LogP contribution is -2.17. The maximum absolute atomic E-state index is 11.8. The highest BCUT2D eigenvalue weighted by atomic mass is 35.5. The molecule has 0 bridgehead atoms. The summed E-state index contributed by atoms with van der Waals surface area (Å²) in [5, 5.41) is 2.84. The molecule has 1 fully saturated rings. The minimum Gasteiger partial charge on any atom is -0.493 e. The summed E-state index contributed by atoms with van der Waals surface area (Å²) in [6, 6.07) is 10.4. The fraction of sp³-hybridized carbons (Fsp3) is 0.111. The molecule has 2 amide bonds. The normalized spacial score (nSPS) is 15.3. The average Bonchev–Trinajstić information content (AvgIpc) is 2.92. The van der Waals surface area contributed by atoms with Crippen molar-refractivity contribution in [3.05, 3.63) is 62.5 Å². The third-order valence-corrected chi connectivity index (χ3v) is 4.94. The van der Waals surface area contributed by atoms with Gasteiger partial charge in [0.1, 0.15) is 6.61 Å². The van der Waals surface area contributed by atoms with Gasteiger partial charge in [-0.15, -0.1) is 0 Å². The number of methoxy groups -OCH3 is 1. The molecule has 1 N–H and O–H groups in total. The lowest BCUT2D eigenvalue weighted by molar-refractivity contribution is -0.115. The van der Waals surface area contributed by atoms with Crippen LogP contribution in [0.2, 0.25) is 10.0 Å². The van der Waals surface area contributed by atoms with Crippen LogP contribution in [0.3, 0.4) is 0 Å². The van der Waals surface area contributed by atoms with Gasteiger partial charge >= 0.3 is 0 Å². The van der Waals surface area contributed by atoms with Gasteiger partial charge in [-0.3, -0.25) is 14.9 Å². The van der Waals surface area contributed by atoms with Gasteiger partial charge in [-0.1, -0.05) is 41.4 Å². The topological polar surface area (TPSA) is 64.6 Å². The lowest BCUT2D eigenvalue weighted by atomic mass is 10.1. The first-order chi connectivity index (χ1) is 12.5. The second-order valence-corrected chi connectivity index (χ2v) is 7.11. The zero-order valence-electron chi connectivity index (χ0n) is 13.5. The zero-order valence-corrected chi connectivity index (χ0v) is 15.9. The molecule has 1 saturated heterocycles. The zero-order chi connectivity index (χ0) is 18.7. The Balaban J connectivity index is 1.91. The highest BCUT2D eigenvalue weighted by Gasteiger charge is 2.25. The second kappa shape index (κ2) is 8.03. The molecule has 0 saturated carbocycles. The number of carbonyl (C=O) groups excluding carboxylic acids is 2. The molecule has 2 aromatic rings. The SMILES string of the molecule is COc1cccc(/C=C2\SC(=O)NC2=O)c1OCc1ccc(Cl)cc1Cl. The van der Waals surface area contributed by atoms with E-state index < -0.39 is 11.1 Å². The van der Waals surface area contributed by atoms with Crippen LogP contribution in [0.25, 0.3) is 6.08 Å². The van der Waals surface area contributed by atoms with Crippen molar-refractivity contribution in [3.63, 3.8) is 0 Å². The molecule has 1 aliphatic rings. The van der Waals surface area contributed by atoms with Crippen LogP contribution in [0.15, 0.2) is 41.3 Å². The molecule has 26 heavy (non-hydrogen) atoms. The van der Waals surface area contributed by atoms with Crippen LogP contribution >= 0.6 is 35.0 Å². The summed E-state index contributed by atoms with van der Waals surface area (Å²) >= 11 is 12.9. The van der Waals surface area contributed by atoms with Crippen molar-refractivity contribution in [1.29, 1.82) is 0 Å². The molecule has 3 rings (SSSR count). The number of ether oxygens (including phenoxy) is 2. The van der Waals surface area contributed by atoms with Gasteiger partial charge in [-0.25, -0.2) is 0 Å². The van der Waals surface area contributed by atoms with Gasteiger partial charge < -0.3 is 9.47 Å². The van der Waals surface area contributed by atoms with Crippen molar-refractivity contribution in [1.82, 2.24) is 5.32 Å². The minimum atomic E-state index is -0.436. The predicted octanol–water partition coefficient (Wildman–Crippen LogP) is 4.90. The van der Waals surface area contributed by atoms with Crippen molar-refractivity contribution in [2.45, 2.75) is 6.61 Å². The molecule has 0 aliphatic carbocycles. The number of hydrogen-bond donors (Lipinski definition) is 1.